The van der Waals surface area contributed by atoms with Crippen molar-refractivity contribution in [2.45, 2.75) is 20.1 Å². The van der Waals surface area contributed by atoms with Crippen LogP contribution in [0.5, 0.6) is 5.75 Å². The first-order valence-corrected chi connectivity index (χ1v) is 7.01. The second kappa shape index (κ2) is 6.93. The van der Waals surface area contributed by atoms with Crippen LogP contribution in [0.1, 0.15) is 16.7 Å². The number of aryl methyl sites for hydroxylation is 1. The monoisotopic (exact) mass is 310 g/mol. The highest BCUT2D eigenvalue weighted by Gasteiger charge is 2.10. The molecule has 0 aliphatic carbocycles. The lowest BCUT2D eigenvalue weighted by atomic mass is 10.2. The Morgan fingerprint density at radius 3 is 2.70 bits per heavy atom. The average Bonchev–Trinajstić information content (AvgIpc) is 2.38. The molecule has 0 amide bonds. The van der Waals surface area contributed by atoms with E-state index in [2.05, 4.69) is 10.3 Å². The molecule has 1 aromatic carbocycles. The van der Waals surface area contributed by atoms with E-state index >= 15 is 0 Å². The van der Waals surface area contributed by atoms with Crippen molar-refractivity contribution < 1.29 is 4.74 Å². The van der Waals surface area contributed by atoms with Crippen molar-refractivity contribution in [3.63, 3.8) is 0 Å². The molecule has 0 saturated carbocycles. The summed E-state index contributed by atoms with van der Waals surface area (Å²) in [5.41, 5.74) is 3.04. The van der Waals surface area contributed by atoms with Crippen LogP contribution in [-0.4, -0.2) is 12.0 Å². The number of rotatable bonds is 5. The zero-order valence-electron chi connectivity index (χ0n) is 11.4. The predicted molar refractivity (Wildman–Crippen MR) is 82.5 cm³/mol. The van der Waals surface area contributed by atoms with Gasteiger partial charge in [0.25, 0.3) is 0 Å². The van der Waals surface area contributed by atoms with E-state index in [1.54, 1.807) is 12.3 Å². The fraction of sp³-hybridized carbons (Fsp3) is 0.267. The Morgan fingerprint density at radius 1 is 1.20 bits per heavy atom. The lowest BCUT2D eigenvalue weighted by Crippen LogP contribution is -2.08. The van der Waals surface area contributed by atoms with E-state index in [0.29, 0.717) is 28.9 Å². The molecule has 0 aliphatic heterocycles. The van der Waals surface area contributed by atoms with Crippen molar-refractivity contribution in [2.75, 3.05) is 7.05 Å². The molecule has 0 saturated heterocycles. The first-order chi connectivity index (χ1) is 9.60. The molecule has 0 spiro atoms. The molecule has 0 bridgehead atoms. The highest BCUT2D eigenvalue weighted by Crippen LogP contribution is 2.33. The summed E-state index contributed by atoms with van der Waals surface area (Å²) < 4.78 is 5.85. The molecule has 1 heterocycles. The van der Waals surface area contributed by atoms with Gasteiger partial charge in [-0.05, 0) is 37.7 Å². The molecule has 1 aromatic heterocycles. The maximum absolute atomic E-state index is 6.22. The molecule has 0 radical (unpaired) electrons. The fourth-order valence-electron chi connectivity index (χ4n) is 1.95. The molecule has 0 aliphatic rings. The van der Waals surface area contributed by atoms with Crippen LogP contribution < -0.4 is 10.1 Å². The number of benzene rings is 1. The fourth-order valence-corrected chi connectivity index (χ4v) is 2.54. The van der Waals surface area contributed by atoms with Gasteiger partial charge in [0.15, 0.2) is 0 Å². The van der Waals surface area contributed by atoms with Crippen LogP contribution in [-0.2, 0) is 13.2 Å². The Kier molecular flexibility index (Phi) is 5.24. The van der Waals surface area contributed by atoms with Gasteiger partial charge in [-0.2, -0.15) is 0 Å². The zero-order valence-corrected chi connectivity index (χ0v) is 12.9. The highest BCUT2D eigenvalue weighted by atomic mass is 35.5. The van der Waals surface area contributed by atoms with E-state index in [1.165, 1.54) is 0 Å². The van der Waals surface area contributed by atoms with E-state index in [9.17, 15) is 0 Å². The number of nitrogens with one attached hydrogen (secondary N) is 1. The van der Waals surface area contributed by atoms with Crippen LogP contribution in [0.25, 0.3) is 0 Å². The normalized spacial score (nSPS) is 10.6. The van der Waals surface area contributed by atoms with Gasteiger partial charge in [-0.15, -0.1) is 0 Å². The van der Waals surface area contributed by atoms with Gasteiger partial charge in [0.2, 0.25) is 0 Å². The molecule has 2 aromatic rings. The number of aromatic nitrogens is 1. The van der Waals surface area contributed by atoms with Crippen molar-refractivity contribution in [1.82, 2.24) is 10.3 Å². The summed E-state index contributed by atoms with van der Waals surface area (Å²) in [5.74, 6) is 0.659. The molecule has 20 heavy (non-hydrogen) atoms. The molecular formula is C15H16Cl2N2O. The Hall–Kier alpha value is -1.29. The minimum atomic E-state index is 0.423. The zero-order chi connectivity index (χ0) is 14.5. The summed E-state index contributed by atoms with van der Waals surface area (Å²) >= 11 is 12.2. The van der Waals surface area contributed by atoms with Gasteiger partial charge in [0.1, 0.15) is 12.4 Å². The summed E-state index contributed by atoms with van der Waals surface area (Å²) in [7, 11) is 1.86. The molecule has 0 atom stereocenters. The standard InChI is InChI=1S/C15H16Cl2N2O/c1-10-3-11(7-19-6-10)9-20-15-12(8-18-2)4-13(16)5-14(15)17/h3-7,18H,8-9H2,1-2H3. The third-order valence-corrected chi connectivity index (χ3v) is 3.27. The van der Waals surface area contributed by atoms with Crippen LogP contribution in [0.3, 0.4) is 0 Å². The van der Waals surface area contributed by atoms with Crippen molar-refractivity contribution in [3.05, 3.63) is 57.3 Å². The van der Waals surface area contributed by atoms with E-state index in [0.717, 1.165) is 16.7 Å². The van der Waals surface area contributed by atoms with Crippen molar-refractivity contribution in [2.24, 2.45) is 0 Å². The van der Waals surface area contributed by atoms with E-state index < -0.39 is 0 Å². The van der Waals surface area contributed by atoms with Crippen LogP contribution >= 0.6 is 23.2 Å². The number of hydrogen-bond acceptors (Lipinski definition) is 3. The number of ether oxygens (including phenoxy) is 1. The number of halogens is 2. The number of nitrogens with zero attached hydrogens (tertiary/aromatic N) is 1. The second-order valence-electron chi connectivity index (χ2n) is 4.57. The van der Waals surface area contributed by atoms with Crippen LogP contribution in [0.15, 0.2) is 30.6 Å². The average molecular weight is 311 g/mol. The lowest BCUT2D eigenvalue weighted by Gasteiger charge is -2.14. The van der Waals surface area contributed by atoms with Gasteiger partial charge in [0, 0.05) is 35.1 Å². The molecular weight excluding hydrogens is 295 g/mol. The molecule has 1 N–H and O–H groups in total. The van der Waals surface area contributed by atoms with Crippen molar-refractivity contribution in [1.29, 1.82) is 0 Å². The maximum atomic E-state index is 6.22. The van der Waals surface area contributed by atoms with E-state index in [4.69, 9.17) is 27.9 Å². The largest absolute Gasteiger partial charge is 0.487 e. The van der Waals surface area contributed by atoms with E-state index in [-0.39, 0.29) is 0 Å². The van der Waals surface area contributed by atoms with Gasteiger partial charge >= 0.3 is 0 Å². The maximum Gasteiger partial charge on any atom is 0.142 e. The Bertz CT molecular complexity index is 602. The minimum Gasteiger partial charge on any atom is -0.487 e. The van der Waals surface area contributed by atoms with Gasteiger partial charge in [0.05, 0.1) is 5.02 Å². The predicted octanol–water partition coefficient (Wildman–Crippen LogP) is 4.00. The van der Waals surface area contributed by atoms with Gasteiger partial charge in [-0.3, -0.25) is 4.98 Å². The summed E-state index contributed by atoms with van der Waals surface area (Å²) in [4.78, 5) is 4.15. The SMILES string of the molecule is CNCc1cc(Cl)cc(Cl)c1OCc1cncc(C)c1. The quantitative estimate of drug-likeness (QED) is 0.906. The molecule has 3 nitrogen and oxygen atoms in total. The summed E-state index contributed by atoms with van der Waals surface area (Å²) in [6, 6.07) is 5.58. The second-order valence-corrected chi connectivity index (χ2v) is 5.41. The first-order valence-electron chi connectivity index (χ1n) is 6.26. The molecule has 5 heteroatoms. The van der Waals surface area contributed by atoms with E-state index in [1.807, 2.05) is 32.3 Å². The molecule has 0 unspecified atom stereocenters. The molecule has 2 rings (SSSR count). The highest BCUT2D eigenvalue weighted by molar-refractivity contribution is 6.35. The Morgan fingerprint density at radius 2 is 2.00 bits per heavy atom. The third kappa shape index (κ3) is 3.85. The van der Waals surface area contributed by atoms with Crippen molar-refractivity contribution >= 4 is 23.2 Å². The molecule has 106 valence electrons. The minimum absolute atomic E-state index is 0.423. The number of pyridine rings is 1. The molecule has 0 fully saturated rings. The Labute approximate surface area is 128 Å². The van der Waals surface area contributed by atoms with Crippen LogP contribution in [0, 0.1) is 6.92 Å². The Balaban J connectivity index is 2.20. The third-order valence-electron chi connectivity index (χ3n) is 2.77. The topological polar surface area (TPSA) is 34.1 Å². The summed E-state index contributed by atoms with van der Waals surface area (Å²) in [5, 5.41) is 4.20. The smallest absolute Gasteiger partial charge is 0.142 e. The van der Waals surface area contributed by atoms with Crippen LogP contribution in [0.2, 0.25) is 10.0 Å². The first kappa shape index (κ1) is 15.1. The van der Waals surface area contributed by atoms with Crippen molar-refractivity contribution in [3.8, 4) is 5.75 Å². The number of hydrogen-bond donors (Lipinski definition) is 1. The summed E-state index contributed by atoms with van der Waals surface area (Å²) in [6.07, 6.45) is 3.60. The lowest BCUT2D eigenvalue weighted by molar-refractivity contribution is 0.302. The van der Waals surface area contributed by atoms with Gasteiger partial charge in [-0.1, -0.05) is 23.2 Å². The summed E-state index contributed by atoms with van der Waals surface area (Å²) in [6.45, 7) is 3.06. The van der Waals surface area contributed by atoms with Gasteiger partial charge < -0.3 is 10.1 Å². The van der Waals surface area contributed by atoms with Gasteiger partial charge in [-0.25, -0.2) is 0 Å². The van der Waals surface area contributed by atoms with Crippen LogP contribution in [0.4, 0.5) is 0 Å².